The average molecular weight is 259 g/mol. The molecule has 0 aliphatic carbocycles. The molecule has 0 aromatic heterocycles. The molecule has 1 heterocycles. The third-order valence-corrected chi connectivity index (χ3v) is 2.59. The van der Waals surface area contributed by atoms with Crippen LogP contribution in [0.2, 0.25) is 0 Å². The van der Waals surface area contributed by atoms with E-state index in [0.717, 1.165) is 0 Å². The predicted octanol–water partition coefficient (Wildman–Crippen LogP) is 1.78. The first kappa shape index (κ1) is 15.2. The van der Waals surface area contributed by atoms with Crippen molar-refractivity contribution in [2.45, 2.75) is 58.3 Å². The van der Waals surface area contributed by atoms with Crippen LogP contribution in [0.25, 0.3) is 0 Å². The average Bonchev–Trinajstić information content (AvgIpc) is 2.12. The molecule has 1 amide bonds. The highest BCUT2D eigenvalue weighted by molar-refractivity contribution is 5.68. The lowest BCUT2D eigenvalue weighted by Gasteiger charge is -2.38. The van der Waals surface area contributed by atoms with Crippen molar-refractivity contribution in [1.29, 1.82) is 0 Å². The van der Waals surface area contributed by atoms with Gasteiger partial charge in [0.2, 0.25) is 0 Å². The molecule has 0 saturated carbocycles. The molecule has 1 aliphatic rings. The molecule has 0 radical (unpaired) electrons. The number of nitrogens with zero attached hydrogens (tertiary/aromatic N) is 1. The van der Waals surface area contributed by atoms with Crippen LogP contribution >= 0.6 is 0 Å². The lowest BCUT2D eigenvalue weighted by molar-refractivity contribution is -0.0539. The van der Waals surface area contributed by atoms with Crippen LogP contribution in [0.5, 0.6) is 0 Å². The second kappa shape index (κ2) is 5.45. The Morgan fingerprint density at radius 1 is 1.39 bits per heavy atom. The Morgan fingerprint density at radius 3 is 2.50 bits per heavy atom. The molecular formula is C13H25NO4. The van der Waals surface area contributed by atoms with Crippen LogP contribution in [-0.2, 0) is 9.47 Å². The first-order valence-corrected chi connectivity index (χ1v) is 6.38. The van der Waals surface area contributed by atoms with Gasteiger partial charge < -0.3 is 19.5 Å². The Hall–Kier alpha value is -0.810. The van der Waals surface area contributed by atoms with Crippen LogP contribution in [0.15, 0.2) is 0 Å². The molecule has 1 rings (SSSR count). The highest BCUT2D eigenvalue weighted by Crippen LogP contribution is 2.21. The Balaban J connectivity index is 2.67. The summed E-state index contributed by atoms with van der Waals surface area (Å²) >= 11 is 0. The Labute approximate surface area is 109 Å². The number of morpholine rings is 1. The van der Waals surface area contributed by atoms with Crippen LogP contribution in [0.3, 0.4) is 0 Å². The molecule has 5 nitrogen and oxygen atoms in total. The lowest BCUT2D eigenvalue weighted by atomic mass is 9.98. The first-order chi connectivity index (χ1) is 8.08. The number of hydrogen-bond donors (Lipinski definition) is 1. The van der Waals surface area contributed by atoms with Crippen LogP contribution in [-0.4, -0.2) is 53.1 Å². The minimum absolute atomic E-state index is 0.131. The summed E-state index contributed by atoms with van der Waals surface area (Å²) in [6.45, 7) is 10.5. The molecule has 0 aromatic rings. The summed E-state index contributed by atoms with van der Waals surface area (Å²) in [6.07, 6.45) is 0.145. The van der Waals surface area contributed by atoms with E-state index in [0.29, 0.717) is 26.2 Å². The van der Waals surface area contributed by atoms with Gasteiger partial charge in [0.15, 0.2) is 0 Å². The maximum absolute atomic E-state index is 12.1. The molecule has 1 fully saturated rings. The van der Waals surface area contributed by atoms with Gasteiger partial charge in [-0.05, 0) is 41.0 Å². The Kier molecular flexibility index (Phi) is 4.61. The topological polar surface area (TPSA) is 59.0 Å². The van der Waals surface area contributed by atoms with Gasteiger partial charge >= 0.3 is 6.09 Å². The molecule has 0 bridgehead atoms. The van der Waals surface area contributed by atoms with Crippen LogP contribution in [0, 0.1) is 0 Å². The third kappa shape index (κ3) is 5.23. The first-order valence-electron chi connectivity index (χ1n) is 6.38. The van der Waals surface area contributed by atoms with Gasteiger partial charge in [0.1, 0.15) is 5.60 Å². The highest BCUT2D eigenvalue weighted by atomic mass is 16.6. The largest absolute Gasteiger partial charge is 0.444 e. The predicted molar refractivity (Wildman–Crippen MR) is 68.5 cm³/mol. The zero-order valence-corrected chi connectivity index (χ0v) is 12.0. The number of ether oxygens (including phenoxy) is 2. The molecule has 1 aliphatic heterocycles. The summed E-state index contributed by atoms with van der Waals surface area (Å²) < 4.78 is 10.7. The van der Waals surface area contributed by atoms with E-state index in [-0.39, 0.29) is 12.1 Å². The van der Waals surface area contributed by atoms with E-state index in [2.05, 4.69) is 0 Å². The second-order valence-corrected chi connectivity index (χ2v) is 6.42. The number of aliphatic hydroxyl groups is 1. The van der Waals surface area contributed by atoms with Crippen molar-refractivity contribution < 1.29 is 19.4 Å². The van der Waals surface area contributed by atoms with E-state index in [4.69, 9.17) is 9.47 Å². The molecule has 18 heavy (non-hydrogen) atoms. The normalized spacial score (nSPS) is 21.9. The van der Waals surface area contributed by atoms with Crippen LogP contribution in [0.4, 0.5) is 4.79 Å². The SMILES string of the molecule is CC(C)(O)CC1COCCN1C(=O)OC(C)(C)C. The molecule has 106 valence electrons. The summed E-state index contributed by atoms with van der Waals surface area (Å²) in [4.78, 5) is 13.7. The second-order valence-electron chi connectivity index (χ2n) is 6.42. The van der Waals surface area contributed by atoms with E-state index < -0.39 is 11.2 Å². The Bertz CT molecular complexity index is 290. The maximum Gasteiger partial charge on any atom is 0.410 e. The fourth-order valence-electron chi connectivity index (χ4n) is 1.96. The fourth-order valence-corrected chi connectivity index (χ4v) is 1.96. The summed E-state index contributed by atoms with van der Waals surface area (Å²) in [6, 6.07) is -0.131. The monoisotopic (exact) mass is 259 g/mol. The number of carbonyl (C=O) groups is 1. The van der Waals surface area contributed by atoms with Crippen LogP contribution in [0.1, 0.15) is 41.0 Å². The van der Waals surface area contributed by atoms with E-state index in [1.54, 1.807) is 18.7 Å². The van der Waals surface area contributed by atoms with Gasteiger partial charge in [-0.15, -0.1) is 0 Å². The van der Waals surface area contributed by atoms with Crippen LogP contribution < -0.4 is 0 Å². The fraction of sp³-hybridized carbons (Fsp3) is 0.923. The van der Waals surface area contributed by atoms with Gasteiger partial charge in [0, 0.05) is 6.54 Å². The molecular weight excluding hydrogens is 234 g/mol. The molecule has 1 saturated heterocycles. The number of hydrogen-bond acceptors (Lipinski definition) is 4. The van der Waals surface area contributed by atoms with E-state index in [9.17, 15) is 9.90 Å². The summed E-state index contributed by atoms with van der Waals surface area (Å²) in [5.74, 6) is 0. The minimum atomic E-state index is -0.828. The van der Waals surface area contributed by atoms with Gasteiger partial charge in [-0.25, -0.2) is 4.79 Å². The van der Waals surface area contributed by atoms with Crippen molar-refractivity contribution >= 4 is 6.09 Å². The van der Waals surface area contributed by atoms with Crippen molar-refractivity contribution in [2.24, 2.45) is 0 Å². The highest BCUT2D eigenvalue weighted by Gasteiger charge is 2.33. The minimum Gasteiger partial charge on any atom is -0.444 e. The van der Waals surface area contributed by atoms with Crippen molar-refractivity contribution in [3.63, 3.8) is 0 Å². The zero-order chi connectivity index (χ0) is 14.0. The number of rotatable bonds is 2. The van der Waals surface area contributed by atoms with E-state index in [1.807, 2.05) is 20.8 Å². The van der Waals surface area contributed by atoms with Gasteiger partial charge in [0.05, 0.1) is 24.9 Å². The molecule has 1 unspecified atom stereocenters. The quantitative estimate of drug-likeness (QED) is 0.821. The summed E-state index contributed by atoms with van der Waals surface area (Å²) in [5.41, 5.74) is -1.33. The van der Waals surface area contributed by atoms with Gasteiger partial charge in [-0.1, -0.05) is 0 Å². The summed E-state index contributed by atoms with van der Waals surface area (Å²) in [5, 5.41) is 9.87. The van der Waals surface area contributed by atoms with Gasteiger partial charge in [-0.2, -0.15) is 0 Å². The smallest absolute Gasteiger partial charge is 0.410 e. The summed E-state index contributed by atoms with van der Waals surface area (Å²) in [7, 11) is 0. The molecule has 1 atom stereocenters. The zero-order valence-electron chi connectivity index (χ0n) is 12.0. The van der Waals surface area contributed by atoms with Crippen molar-refractivity contribution in [3.8, 4) is 0 Å². The third-order valence-electron chi connectivity index (χ3n) is 2.59. The molecule has 5 heteroatoms. The number of carbonyl (C=O) groups excluding carboxylic acids is 1. The van der Waals surface area contributed by atoms with E-state index in [1.165, 1.54) is 0 Å². The van der Waals surface area contributed by atoms with Crippen molar-refractivity contribution in [2.75, 3.05) is 19.8 Å². The standard InChI is InChI=1S/C13H25NO4/c1-12(2,3)18-11(15)14-6-7-17-9-10(14)8-13(4,5)16/h10,16H,6-9H2,1-5H3. The maximum atomic E-state index is 12.1. The lowest BCUT2D eigenvalue weighted by Crippen LogP contribution is -2.52. The van der Waals surface area contributed by atoms with Gasteiger partial charge in [0.25, 0.3) is 0 Å². The van der Waals surface area contributed by atoms with Crippen molar-refractivity contribution in [1.82, 2.24) is 4.90 Å². The van der Waals surface area contributed by atoms with Gasteiger partial charge in [-0.3, -0.25) is 0 Å². The molecule has 0 spiro atoms. The molecule has 1 N–H and O–H groups in total. The Morgan fingerprint density at radius 2 is 2.00 bits per heavy atom. The number of amides is 1. The molecule has 0 aromatic carbocycles. The van der Waals surface area contributed by atoms with E-state index >= 15 is 0 Å². The van der Waals surface area contributed by atoms with Crippen molar-refractivity contribution in [3.05, 3.63) is 0 Å².